The summed E-state index contributed by atoms with van der Waals surface area (Å²) in [5.41, 5.74) is 1.68. The molecule has 0 saturated heterocycles. The van der Waals surface area contributed by atoms with Crippen LogP contribution in [0.15, 0.2) is 42.5 Å². The molecule has 0 fully saturated rings. The first-order valence-corrected chi connectivity index (χ1v) is 7.92. The summed E-state index contributed by atoms with van der Waals surface area (Å²) in [4.78, 5) is 23.7. The molecule has 0 radical (unpaired) electrons. The van der Waals surface area contributed by atoms with E-state index in [2.05, 4.69) is 27.8 Å². The maximum Gasteiger partial charge on any atom is 0.319 e. The topological polar surface area (TPSA) is 88.7 Å². The standard InChI is InChI=1S/C19H17N3O4/c1-20-18(23)15-7-3-2-5-13(15)6-4-10-21-19(24)22-14-8-9-16-17(11-14)26-12-25-16/h2-3,5,7-9,11H,10,12H2,1H3,(H,20,23)(H2,21,22,24). The fraction of sp³-hybridized carbons (Fsp3) is 0.158. The smallest absolute Gasteiger partial charge is 0.319 e. The van der Waals surface area contributed by atoms with Crippen LogP contribution in [-0.4, -0.2) is 32.3 Å². The van der Waals surface area contributed by atoms with Gasteiger partial charge in [0.15, 0.2) is 11.5 Å². The van der Waals surface area contributed by atoms with Gasteiger partial charge < -0.3 is 25.4 Å². The van der Waals surface area contributed by atoms with Gasteiger partial charge in [-0.1, -0.05) is 24.0 Å². The van der Waals surface area contributed by atoms with Crippen molar-refractivity contribution in [3.63, 3.8) is 0 Å². The van der Waals surface area contributed by atoms with Gasteiger partial charge in [0.1, 0.15) is 0 Å². The van der Waals surface area contributed by atoms with Crippen molar-refractivity contribution < 1.29 is 19.1 Å². The van der Waals surface area contributed by atoms with Gasteiger partial charge in [-0.05, 0) is 24.3 Å². The third-order valence-electron chi connectivity index (χ3n) is 3.59. The van der Waals surface area contributed by atoms with Crippen molar-refractivity contribution in [2.24, 2.45) is 0 Å². The van der Waals surface area contributed by atoms with E-state index in [0.717, 1.165) is 0 Å². The minimum atomic E-state index is -0.391. The van der Waals surface area contributed by atoms with Crippen LogP contribution in [0.3, 0.4) is 0 Å². The highest BCUT2D eigenvalue weighted by Gasteiger charge is 2.13. The van der Waals surface area contributed by atoms with Crippen molar-refractivity contribution in [2.45, 2.75) is 0 Å². The van der Waals surface area contributed by atoms with Crippen LogP contribution in [0.4, 0.5) is 10.5 Å². The largest absolute Gasteiger partial charge is 0.454 e. The summed E-state index contributed by atoms with van der Waals surface area (Å²) < 4.78 is 10.5. The first-order valence-electron chi connectivity index (χ1n) is 7.92. The zero-order valence-electron chi connectivity index (χ0n) is 14.1. The molecule has 7 heteroatoms. The molecule has 1 aliphatic heterocycles. The van der Waals surface area contributed by atoms with E-state index in [-0.39, 0.29) is 19.2 Å². The Hall–Kier alpha value is -3.66. The van der Waals surface area contributed by atoms with E-state index in [9.17, 15) is 9.59 Å². The first-order chi connectivity index (χ1) is 12.7. The van der Waals surface area contributed by atoms with E-state index in [0.29, 0.717) is 28.3 Å². The van der Waals surface area contributed by atoms with Gasteiger partial charge in [0.2, 0.25) is 6.79 Å². The summed E-state index contributed by atoms with van der Waals surface area (Å²) in [6, 6.07) is 11.8. The third-order valence-corrected chi connectivity index (χ3v) is 3.59. The minimum Gasteiger partial charge on any atom is -0.454 e. The number of urea groups is 1. The molecular formula is C19H17N3O4. The lowest BCUT2D eigenvalue weighted by Crippen LogP contribution is -2.28. The first kappa shape index (κ1) is 17.2. The molecule has 3 N–H and O–H groups in total. The molecule has 3 amide bonds. The van der Waals surface area contributed by atoms with E-state index >= 15 is 0 Å². The highest BCUT2D eigenvalue weighted by Crippen LogP contribution is 2.34. The summed E-state index contributed by atoms with van der Waals surface area (Å²) in [5, 5.41) is 7.90. The van der Waals surface area contributed by atoms with E-state index in [1.807, 2.05) is 0 Å². The van der Waals surface area contributed by atoms with Crippen molar-refractivity contribution >= 4 is 17.6 Å². The van der Waals surface area contributed by atoms with Gasteiger partial charge in [0.05, 0.1) is 12.1 Å². The Morgan fingerprint density at radius 2 is 1.92 bits per heavy atom. The van der Waals surface area contributed by atoms with Gasteiger partial charge in [-0.2, -0.15) is 0 Å². The molecule has 0 aromatic heterocycles. The lowest BCUT2D eigenvalue weighted by atomic mass is 10.1. The molecule has 7 nitrogen and oxygen atoms in total. The van der Waals surface area contributed by atoms with Crippen molar-refractivity contribution in [1.82, 2.24) is 10.6 Å². The number of amides is 3. The fourth-order valence-electron chi connectivity index (χ4n) is 2.34. The van der Waals surface area contributed by atoms with E-state index in [4.69, 9.17) is 9.47 Å². The van der Waals surface area contributed by atoms with E-state index in [1.165, 1.54) is 0 Å². The average molecular weight is 351 g/mol. The SMILES string of the molecule is CNC(=O)c1ccccc1C#CCNC(=O)Nc1ccc2c(c1)OCO2. The van der Waals surface area contributed by atoms with Gasteiger partial charge >= 0.3 is 6.03 Å². The van der Waals surface area contributed by atoms with Crippen LogP contribution in [-0.2, 0) is 0 Å². The Balaban J connectivity index is 1.55. The molecule has 132 valence electrons. The number of nitrogens with one attached hydrogen (secondary N) is 3. The van der Waals surface area contributed by atoms with Crippen LogP contribution in [0.5, 0.6) is 11.5 Å². The number of anilines is 1. The van der Waals surface area contributed by atoms with Crippen molar-refractivity contribution in [3.8, 4) is 23.3 Å². The monoisotopic (exact) mass is 351 g/mol. The van der Waals surface area contributed by atoms with Gasteiger partial charge in [0.25, 0.3) is 5.91 Å². The molecular weight excluding hydrogens is 334 g/mol. The number of benzene rings is 2. The zero-order valence-corrected chi connectivity index (χ0v) is 14.1. The quantitative estimate of drug-likeness (QED) is 0.738. The second-order valence-electron chi connectivity index (χ2n) is 5.30. The molecule has 1 aliphatic rings. The maximum absolute atomic E-state index is 11.9. The van der Waals surface area contributed by atoms with E-state index in [1.54, 1.807) is 49.5 Å². The number of hydrogen-bond acceptors (Lipinski definition) is 4. The summed E-state index contributed by atoms with van der Waals surface area (Å²) in [5.74, 6) is 6.76. The maximum atomic E-state index is 11.9. The molecule has 0 atom stereocenters. The number of carbonyl (C=O) groups is 2. The second kappa shape index (κ2) is 7.94. The van der Waals surface area contributed by atoms with Crippen LogP contribution in [0, 0.1) is 11.8 Å². The molecule has 0 spiro atoms. The molecule has 2 aromatic carbocycles. The highest BCUT2D eigenvalue weighted by atomic mass is 16.7. The summed E-state index contributed by atoms with van der Waals surface area (Å²) in [7, 11) is 1.56. The number of carbonyl (C=O) groups excluding carboxylic acids is 2. The predicted octanol–water partition coefficient (Wildman–Crippen LogP) is 1.95. The second-order valence-corrected chi connectivity index (χ2v) is 5.30. The van der Waals surface area contributed by atoms with Gasteiger partial charge in [-0.25, -0.2) is 4.79 Å². The molecule has 0 bridgehead atoms. The lowest BCUT2D eigenvalue weighted by Gasteiger charge is -2.06. The van der Waals surface area contributed by atoms with Crippen molar-refractivity contribution in [1.29, 1.82) is 0 Å². The summed E-state index contributed by atoms with van der Waals surface area (Å²) >= 11 is 0. The number of hydrogen-bond donors (Lipinski definition) is 3. The van der Waals surface area contributed by atoms with Gasteiger partial charge in [-0.15, -0.1) is 0 Å². The Morgan fingerprint density at radius 1 is 1.12 bits per heavy atom. The normalized spacial score (nSPS) is 11.1. The molecule has 0 unspecified atom stereocenters. The van der Waals surface area contributed by atoms with Crippen molar-refractivity contribution in [3.05, 3.63) is 53.6 Å². The van der Waals surface area contributed by atoms with Gasteiger partial charge in [-0.3, -0.25) is 4.79 Å². The molecule has 1 heterocycles. The fourth-order valence-corrected chi connectivity index (χ4v) is 2.34. The zero-order chi connectivity index (χ0) is 18.4. The van der Waals surface area contributed by atoms with Gasteiger partial charge in [0, 0.05) is 24.4 Å². The lowest BCUT2D eigenvalue weighted by molar-refractivity contribution is 0.0963. The number of ether oxygens (including phenoxy) is 2. The molecule has 0 aliphatic carbocycles. The molecule has 26 heavy (non-hydrogen) atoms. The molecule has 0 saturated carbocycles. The van der Waals surface area contributed by atoms with Crippen LogP contribution in [0.25, 0.3) is 0 Å². The number of rotatable bonds is 3. The predicted molar refractivity (Wildman–Crippen MR) is 96.3 cm³/mol. The van der Waals surface area contributed by atoms with Crippen LogP contribution in [0.1, 0.15) is 15.9 Å². The molecule has 3 rings (SSSR count). The van der Waals surface area contributed by atoms with Crippen molar-refractivity contribution in [2.75, 3.05) is 25.7 Å². The Bertz CT molecular complexity index is 899. The highest BCUT2D eigenvalue weighted by molar-refractivity contribution is 5.96. The Kier molecular flexibility index (Phi) is 5.25. The summed E-state index contributed by atoms with van der Waals surface area (Å²) in [6.07, 6.45) is 0. The summed E-state index contributed by atoms with van der Waals surface area (Å²) in [6.45, 7) is 0.316. The third kappa shape index (κ3) is 4.05. The Labute approximate surface area is 150 Å². The minimum absolute atomic E-state index is 0.137. The van der Waals surface area contributed by atoms with Crippen LogP contribution >= 0.6 is 0 Å². The average Bonchev–Trinajstić information content (AvgIpc) is 3.12. The van der Waals surface area contributed by atoms with Crippen LogP contribution in [0.2, 0.25) is 0 Å². The number of fused-ring (bicyclic) bond motifs is 1. The van der Waals surface area contributed by atoms with E-state index < -0.39 is 6.03 Å². The van der Waals surface area contributed by atoms with Crippen LogP contribution < -0.4 is 25.4 Å². The Morgan fingerprint density at radius 3 is 2.77 bits per heavy atom. The molecule has 2 aromatic rings.